The summed E-state index contributed by atoms with van der Waals surface area (Å²) in [6.07, 6.45) is 0.0791. The number of hydrogen-bond acceptors (Lipinski definition) is 7. The van der Waals surface area contributed by atoms with Crippen molar-refractivity contribution in [1.82, 2.24) is 4.90 Å². The van der Waals surface area contributed by atoms with Crippen LogP contribution in [0.15, 0.2) is 53.1 Å². The van der Waals surface area contributed by atoms with Crippen molar-refractivity contribution in [3.63, 3.8) is 0 Å². The Balaban J connectivity index is 1.79. The number of aliphatic hydroxyl groups is 1. The fraction of sp³-hybridized carbons (Fsp3) is 0.304. The van der Waals surface area contributed by atoms with Crippen molar-refractivity contribution in [3.05, 3.63) is 64.2 Å². The van der Waals surface area contributed by atoms with Gasteiger partial charge in [-0.05, 0) is 29.8 Å². The molecular weight excluding hydrogens is 416 g/mol. The largest absolute Gasteiger partial charge is 0.497 e. The van der Waals surface area contributed by atoms with E-state index < -0.39 is 5.72 Å². The highest BCUT2D eigenvalue weighted by molar-refractivity contribution is 8.03. The molecule has 2 aromatic rings. The minimum Gasteiger partial charge on any atom is -0.497 e. The number of ether oxygens (including phenoxy) is 3. The molecule has 7 nitrogen and oxygen atoms in total. The number of fused-ring (bicyclic) bond motifs is 1. The maximum atomic E-state index is 13.3. The van der Waals surface area contributed by atoms with Gasteiger partial charge in [-0.3, -0.25) is 9.69 Å². The molecule has 1 saturated heterocycles. The van der Waals surface area contributed by atoms with E-state index in [1.165, 1.54) is 30.9 Å². The van der Waals surface area contributed by atoms with Crippen LogP contribution in [0.4, 0.5) is 0 Å². The van der Waals surface area contributed by atoms with E-state index >= 15 is 0 Å². The fourth-order valence-corrected chi connectivity index (χ4v) is 5.43. The van der Waals surface area contributed by atoms with E-state index in [1.54, 1.807) is 25.3 Å². The van der Waals surface area contributed by atoms with Crippen molar-refractivity contribution >= 4 is 17.7 Å². The first-order valence-corrected chi connectivity index (χ1v) is 10.6. The van der Waals surface area contributed by atoms with Gasteiger partial charge < -0.3 is 19.3 Å². The van der Waals surface area contributed by atoms with Gasteiger partial charge in [-0.1, -0.05) is 18.2 Å². The van der Waals surface area contributed by atoms with Gasteiger partial charge >= 0.3 is 0 Å². The zero-order valence-electron chi connectivity index (χ0n) is 17.4. The molecule has 2 aliphatic rings. The van der Waals surface area contributed by atoms with Gasteiger partial charge in [-0.25, -0.2) is 0 Å². The van der Waals surface area contributed by atoms with Crippen molar-refractivity contribution in [1.29, 1.82) is 5.26 Å². The number of amides is 1. The molecule has 160 valence electrons. The van der Waals surface area contributed by atoms with Crippen LogP contribution in [0.3, 0.4) is 0 Å². The maximum Gasteiger partial charge on any atom is 0.231 e. The minimum atomic E-state index is -1.59. The summed E-state index contributed by atoms with van der Waals surface area (Å²) in [5.74, 6) is 1.21. The number of nitriles is 1. The lowest BCUT2D eigenvalue weighted by Gasteiger charge is -2.38. The Labute approximate surface area is 184 Å². The molecule has 0 spiro atoms. The number of carbonyl (C=O) groups excluding carboxylic acids is 1. The second-order valence-electron chi connectivity index (χ2n) is 7.27. The summed E-state index contributed by atoms with van der Waals surface area (Å²) in [5.41, 5.74) is 0.212. The number of carbonyl (C=O) groups is 1. The van der Waals surface area contributed by atoms with Gasteiger partial charge in [0.2, 0.25) is 5.91 Å². The van der Waals surface area contributed by atoms with Crippen LogP contribution in [0.25, 0.3) is 0 Å². The number of rotatable bonds is 5. The van der Waals surface area contributed by atoms with E-state index in [1.807, 2.05) is 24.3 Å². The van der Waals surface area contributed by atoms with Gasteiger partial charge in [-0.15, -0.1) is 11.8 Å². The second-order valence-corrected chi connectivity index (χ2v) is 8.23. The van der Waals surface area contributed by atoms with Gasteiger partial charge in [0.05, 0.1) is 43.8 Å². The number of allylic oxidation sites excluding steroid dienone is 1. The Kier molecular flexibility index (Phi) is 5.56. The molecule has 2 aliphatic heterocycles. The van der Waals surface area contributed by atoms with Crippen molar-refractivity contribution in [2.24, 2.45) is 0 Å². The van der Waals surface area contributed by atoms with E-state index in [0.717, 1.165) is 5.56 Å². The molecule has 0 radical (unpaired) electrons. The number of thioether (sulfide) groups is 1. The quantitative estimate of drug-likeness (QED) is 0.765. The van der Waals surface area contributed by atoms with Crippen LogP contribution in [-0.2, 0) is 10.5 Å². The fourth-order valence-electron chi connectivity index (χ4n) is 4.07. The lowest BCUT2D eigenvalue weighted by molar-refractivity contribution is -0.149. The first-order valence-electron chi connectivity index (χ1n) is 9.65. The van der Waals surface area contributed by atoms with E-state index in [0.29, 0.717) is 33.4 Å². The molecule has 0 aromatic heterocycles. The van der Waals surface area contributed by atoms with Gasteiger partial charge in [0.25, 0.3) is 0 Å². The van der Waals surface area contributed by atoms with Gasteiger partial charge in [-0.2, -0.15) is 5.26 Å². The third-order valence-corrected chi connectivity index (χ3v) is 6.88. The molecule has 1 fully saturated rings. The van der Waals surface area contributed by atoms with Gasteiger partial charge in [0.1, 0.15) is 5.75 Å². The van der Waals surface area contributed by atoms with Crippen molar-refractivity contribution in [2.75, 3.05) is 27.1 Å². The van der Waals surface area contributed by atoms with Crippen LogP contribution in [0.5, 0.6) is 17.2 Å². The Bertz CT molecular complexity index is 1110. The SMILES string of the molecule is COc1cccc([C@@H]2CC(=O)N3C(=C2C#N)SC[C@]3(O)c2ccc(OC)c(OC)c2)c1. The Morgan fingerprint density at radius 3 is 2.58 bits per heavy atom. The summed E-state index contributed by atoms with van der Waals surface area (Å²) in [6, 6.07) is 14.7. The molecule has 2 aromatic carbocycles. The molecule has 8 heteroatoms. The molecule has 31 heavy (non-hydrogen) atoms. The average Bonchev–Trinajstić information content (AvgIpc) is 3.17. The van der Waals surface area contributed by atoms with Crippen LogP contribution in [0, 0.1) is 11.3 Å². The summed E-state index contributed by atoms with van der Waals surface area (Å²) in [7, 11) is 4.62. The number of nitrogens with zero attached hydrogens (tertiary/aromatic N) is 2. The molecule has 1 amide bonds. The summed E-state index contributed by atoms with van der Waals surface area (Å²) in [6.45, 7) is 0. The topological polar surface area (TPSA) is 92.0 Å². The van der Waals surface area contributed by atoms with Crippen molar-refractivity contribution in [2.45, 2.75) is 18.1 Å². The van der Waals surface area contributed by atoms with E-state index in [2.05, 4.69) is 6.07 Å². The Morgan fingerprint density at radius 2 is 1.90 bits per heavy atom. The monoisotopic (exact) mass is 438 g/mol. The average molecular weight is 439 g/mol. The summed E-state index contributed by atoms with van der Waals surface area (Å²) < 4.78 is 15.9. The zero-order chi connectivity index (χ0) is 22.2. The second kappa shape index (κ2) is 8.17. The zero-order valence-corrected chi connectivity index (χ0v) is 18.2. The van der Waals surface area contributed by atoms with Crippen molar-refractivity contribution in [3.8, 4) is 23.3 Å². The van der Waals surface area contributed by atoms with Crippen LogP contribution in [-0.4, -0.2) is 43.0 Å². The molecular formula is C23H22N2O5S. The first-order chi connectivity index (χ1) is 15.0. The number of benzene rings is 2. The molecule has 0 bridgehead atoms. The molecule has 1 N–H and O–H groups in total. The number of methoxy groups -OCH3 is 3. The Hall–Kier alpha value is -3.15. The van der Waals surface area contributed by atoms with Gasteiger partial charge in [0.15, 0.2) is 17.2 Å². The smallest absolute Gasteiger partial charge is 0.231 e. The molecule has 4 rings (SSSR count). The first kappa shape index (κ1) is 21.1. The number of hydrogen-bond donors (Lipinski definition) is 1. The van der Waals surface area contributed by atoms with Crippen LogP contribution in [0.2, 0.25) is 0 Å². The van der Waals surface area contributed by atoms with Gasteiger partial charge in [0, 0.05) is 17.9 Å². The molecule has 0 unspecified atom stereocenters. The van der Waals surface area contributed by atoms with Crippen LogP contribution in [0.1, 0.15) is 23.5 Å². The van der Waals surface area contributed by atoms with E-state index in [-0.39, 0.29) is 24.0 Å². The van der Waals surface area contributed by atoms with Crippen molar-refractivity contribution < 1.29 is 24.1 Å². The van der Waals surface area contributed by atoms with E-state index in [9.17, 15) is 15.2 Å². The molecule has 0 saturated carbocycles. The highest BCUT2D eigenvalue weighted by atomic mass is 32.2. The standard InChI is InChI=1S/C23H22N2O5S/c1-28-16-6-4-5-14(9-16)17-11-21(26)25-22(18(17)12-24)31-13-23(25,27)15-7-8-19(29-2)20(10-15)30-3/h4-10,17,27H,11,13H2,1-3H3/t17-,23-/m0/s1. The summed E-state index contributed by atoms with van der Waals surface area (Å²) in [5, 5.41) is 22.0. The van der Waals surface area contributed by atoms with Crippen LogP contribution >= 0.6 is 11.8 Å². The molecule has 2 heterocycles. The Morgan fingerprint density at radius 1 is 1.13 bits per heavy atom. The maximum absolute atomic E-state index is 13.3. The predicted molar refractivity (Wildman–Crippen MR) is 116 cm³/mol. The third-order valence-electron chi connectivity index (χ3n) is 5.65. The predicted octanol–water partition coefficient (Wildman–Crippen LogP) is 3.36. The minimum absolute atomic E-state index is 0.0791. The molecule has 0 aliphatic carbocycles. The highest BCUT2D eigenvalue weighted by Crippen LogP contribution is 2.52. The molecule has 2 atom stereocenters. The lowest BCUT2D eigenvalue weighted by atomic mass is 9.85. The van der Waals surface area contributed by atoms with E-state index in [4.69, 9.17) is 14.2 Å². The van der Waals surface area contributed by atoms with Crippen LogP contribution < -0.4 is 14.2 Å². The highest BCUT2D eigenvalue weighted by Gasteiger charge is 2.52. The third kappa shape index (κ3) is 3.40. The summed E-state index contributed by atoms with van der Waals surface area (Å²) >= 11 is 1.31. The normalized spacial score (nSPS) is 22.7. The summed E-state index contributed by atoms with van der Waals surface area (Å²) in [4.78, 5) is 14.6. The lowest BCUT2D eigenvalue weighted by Crippen LogP contribution is -2.48.